The lowest BCUT2D eigenvalue weighted by atomic mass is 10.1. The molecular weight excluding hydrogens is 457 g/mol. The first-order valence-corrected chi connectivity index (χ1v) is 11.1. The van der Waals surface area contributed by atoms with Gasteiger partial charge in [0.05, 0.1) is 9.92 Å². The largest absolute Gasteiger partial charge is 0.436 e. The minimum absolute atomic E-state index is 0.00684. The third-order valence-corrected chi connectivity index (χ3v) is 5.90. The Hall–Kier alpha value is -3.69. The maximum atomic E-state index is 13.4. The van der Waals surface area contributed by atoms with Crippen LogP contribution in [0.1, 0.15) is 10.4 Å². The summed E-state index contributed by atoms with van der Waals surface area (Å²) in [4.78, 5) is 14.6. The van der Waals surface area contributed by atoms with Crippen molar-refractivity contribution >= 4 is 44.2 Å². The summed E-state index contributed by atoms with van der Waals surface area (Å²) < 4.78 is 44.2. The molecule has 0 radical (unpaired) electrons. The zero-order valence-electron chi connectivity index (χ0n) is 16.2. The lowest BCUT2D eigenvalue weighted by molar-refractivity contribution is 0.102. The van der Waals surface area contributed by atoms with Crippen LogP contribution in [0.5, 0.6) is 0 Å². The van der Waals surface area contributed by atoms with Crippen LogP contribution in [-0.4, -0.2) is 14.3 Å². The molecule has 162 valence electrons. The Bertz CT molecular complexity index is 1490. The lowest BCUT2D eigenvalue weighted by Crippen LogP contribution is -2.27. The van der Waals surface area contributed by atoms with E-state index >= 15 is 0 Å². The van der Waals surface area contributed by atoms with Gasteiger partial charge in [-0.1, -0.05) is 48.0 Å². The topological polar surface area (TPSA) is 101 Å². The first kappa shape index (κ1) is 21.5. The summed E-state index contributed by atoms with van der Waals surface area (Å²) in [5.74, 6) is -1.31. The van der Waals surface area contributed by atoms with Gasteiger partial charge in [-0.2, -0.15) is 13.2 Å². The van der Waals surface area contributed by atoms with Crippen molar-refractivity contribution in [1.29, 1.82) is 0 Å². The second kappa shape index (κ2) is 8.81. The first-order chi connectivity index (χ1) is 15.3. The highest BCUT2D eigenvalue weighted by Gasteiger charge is 2.17. The van der Waals surface area contributed by atoms with E-state index in [1.165, 1.54) is 0 Å². The molecule has 0 atom stereocenters. The van der Waals surface area contributed by atoms with Crippen molar-refractivity contribution in [3.8, 4) is 0 Å². The molecule has 10 heteroatoms. The fourth-order valence-electron chi connectivity index (χ4n) is 2.83. The molecular formula is C22H15ClFN3O4S. The van der Waals surface area contributed by atoms with Crippen molar-refractivity contribution in [3.63, 3.8) is 0 Å². The van der Waals surface area contributed by atoms with Crippen LogP contribution < -0.4 is 15.7 Å². The minimum Gasteiger partial charge on any atom is -0.436 e. The van der Waals surface area contributed by atoms with Gasteiger partial charge in [0.25, 0.3) is 15.9 Å². The number of carbonyl (C=O) groups excluding carboxylic acids is 1. The predicted molar refractivity (Wildman–Crippen MR) is 118 cm³/mol. The lowest BCUT2D eigenvalue weighted by Gasteiger charge is -2.08. The van der Waals surface area contributed by atoms with Crippen molar-refractivity contribution in [2.75, 3.05) is 5.32 Å². The van der Waals surface area contributed by atoms with E-state index in [1.807, 2.05) is 4.83 Å². The molecule has 0 saturated heterocycles. The van der Waals surface area contributed by atoms with Gasteiger partial charge in [0.15, 0.2) is 0 Å². The van der Waals surface area contributed by atoms with Crippen LogP contribution in [0.15, 0.2) is 93.3 Å². The number of para-hydroxylation sites is 2. The Morgan fingerprint density at radius 2 is 1.69 bits per heavy atom. The Morgan fingerprint density at radius 3 is 2.44 bits per heavy atom. The number of sulfonamides is 1. The second-order valence-corrected chi connectivity index (χ2v) is 8.67. The van der Waals surface area contributed by atoms with Crippen molar-refractivity contribution in [3.05, 3.63) is 101 Å². The van der Waals surface area contributed by atoms with Gasteiger partial charge >= 0.3 is 0 Å². The number of fused-ring (bicyclic) bond motifs is 1. The SMILES string of the molecule is O=C(Nc1ccccc1)c1cc2ccccc2oc1=NNS(=O)(=O)c1ccc(F)c(Cl)c1. The molecule has 32 heavy (non-hydrogen) atoms. The zero-order chi connectivity index (χ0) is 22.7. The fraction of sp³-hybridized carbons (Fsp3) is 0. The maximum absolute atomic E-state index is 13.4. The fourth-order valence-corrected chi connectivity index (χ4v) is 3.91. The van der Waals surface area contributed by atoms with Gasteiger partial charge in [-0.3, -0.25) is 4.79 Å². The number of carbonyl (C=O) groups is 1. The summed E-state index contributed by atoms with van der Waals surface area (Å²) in [6.07, 6.45) is 0. The van der Waals surface area contributed by atoms with Crippen LogP contribution in [0, 0.1) is 5.82 Å². The van der Waals surface area contributed by atoms with E-state index in [0.29, 0.717) is 16.7 Å². The molecule has 0 saturated carbocycles. The van der Waals surface area contributed by atoms with Crippen LogP contribution in [0.2, 0.25) is 5.02 Å². The average Bonchev–Trinajstić information content (AvgIpc) is 2.79. The van der Waals surface area contributed by atoms with Crippen LogP contribution in [-0.2, 0) is 10.0 Å². The molecule has 4 aromatic rings. The molecule has 0 unspecified atom stereocenters. The number of nitrogens with one attached hydrogen (secondary N) is 2. The highest BCUT2D eigenvalue weighted by Crippen LogP contribution is 2.19. The summed E-state index contributed by atoms with van der Waals surface area (Å²) in [7, 11) is -4.21. The number of anilines is 1. The van der Waals surface area contributed by atoms with Crippen LogP contribution in [0.4, 0.5) is 10.1 Å². The van der Waals surface area contributed by atoms with E-state index in [4.69, 9.17) is 16.0 Å². The number of halogens is 2. The van der Waals surface area contributed by atoms with E-state index in [-0.39, 0.29) is 21.0 Å². The van der Waals surface area contributed by atoms with Crippen LogP contribution in [0.25, 0.3) is 11.0 Å². The summed E-state index contributed by atoms with van der Waals surface area (Å²) in [5.41, 5.74) is 0.686. The second-order valence-electron chi connectivity index (χ2n) is 6.61. The van der Waals surface area contributed by atoms with E-state index in [9.17, 15) is 17.6 Å². The maximum Gasteiger partial charge on any atom is 0.276 e. The molecule has 4 rings (SSSR count). The van der Waals surface area contributed by atoms with Crippen molar-refractivity contribution < 1.29 is 22.0 Å². The highest BCUT2D eigenvalue weighted by molar-refractivity contribution is 7.89. The Morgan fingerprint density at radius 1 is 0.969 bits per heavy atom. The quantitative estimate of drug-likeness (QED) is 0.424. The molecule has 0 aliphatic heterocycles. The average molecular weight is 472 g/mol. The molecule has 1 amide bonds. The van der Waals surface area contributed by atoms with Gasteiger partial charge in [-0.25, -0.2) is 4.39 Å². The molecule has 0 bridgehead atoms. The van der Waals surface area contributed by atoms with E-state index < -0.39 is 21.7 Å². The van der Waals surface area contributed by atoms with Crippen molar-refractivity contribution in [2.24, 2.45) is 5.10 Å². The highest BCUT2D eigenvalue weighted by atomic mass is 35.5. The molecule has 7 nitrogen and oxygen atoms in total. The molecule has 0 fully saturated rings. The number of benzene rings is 3. The molecule has 1 aromatic heterocycles. The third kappa shape index (κ3) is 4.63. The smallest absolute Gasteiger partial charge is 0.276 e. The van der Waals surface area contributed by atoms with E-state index in [1.54, 1.807) is 60.7 Å². The molecule has 0 spiro atoms. The molecule has 0 aliphatic rings. The number of hydrogen-bond acceptors (Lipinski definition) is 5. The van der Waals surface area contributed by atoms with Gasteiger partial charge < -0.3 is 9.73 Å². The number of rotatable bonds is 5. The van der Waals surface area contributed by atoms with Crippen LogP contribution >= 0.6 is 11.6 Å². The number of nitrogens with zero attached hydrogens (tertiary/aromatic N) is 1. The molecule has 1 heterocycles. The van der Waals surface area contributed by atoms with Crippen molar-refractivity contribution in [2.45, 2.75) is 4.90 Å². The third-order valence-electron chi connectivity index (χ3n) is 4.40. The van der Waals surface area contributed by atoms with E-state index in [0.717, 1.165) is 18.2 Å². The summed E-state index contributed by atoms with van der Waals surface area (Å²) >= 11 is 5.68. The first-order valence-electron chi connectivity index (χ1n) is 9.23. The number of hydrogen-bond donors (Lipinski definition) is 2. The summed E-state index contributed by atoms with van der Waals surface area (Å²) in [6, 6.07) is 20.1. The molecule has 0 aliphatic carbocycles. The monoisotopic (exact) mass is 471 g/mol. The van der Waals surface area contributed by atoms with Crippen molar-refractivity contribution in [1.82, 2.24) is 4.83 Å². The van der Waals surface area contributed by atoms with Gasteiger partial charge in [0.2, 0.25) is 5.55 Å². The zero-order valence-corrected chi connectivity index (χ0v) is 17.8. The summed E-state index contributed by atoms with van der Waals surface area (Å²) in [6.45, 7) is 0. The summed E-state index contributed by atoms with van der Waals surface area (Å²) in [5, 5.41) is 6.80. The Kier molecular flexibility index (Phi) is 5.93. The predicted octanol–water partition coefficient (Wildman–Crippen LogP) is 4.27. The van der Waals surface area contributed by atoms with Gasteiger partial charge in [-0.15, -0.1) is 5.10 Å². The Balaban J connectivity index is 1.76. The van der Waals surface area contributed by atoms with Gasteiger partial charge in [-0.05, 0) is 42.5 Å². The molecule has 2 N–H and O–H groups in total. The van der Waals surface area contributed by atoms with E-state index in [2.05, 4.69) is 10.4 Å². The molecule has 3 aromatic carbocycles. The normalized spacial score (nSPS) is 12.0. The Labute approximate surface area is 187 Å². The standard InChI is InChI=1S/C22H15ClFN3O4S/c23-18-13-16(10-11-19(18)24)32(29,30)27-26-22-17(12-14-6-4-5-9-20(14)31-22)21(28)25-15-7-2-1-3-8-15/h1-13,27H,(H,25,28). The van der Waals surface area contributed by atoms with Gasteiger partial charge in [0, 0.05) is 11.1 Å². The minimum atomic E-state index is -4.21. The van der Waals surface area contributed by atoms with Crippen LogP contribution in [0.3, 0.4) is 0 Å². The van der Waals surface area contributed by atoms with Gasteiger partial charge in [0.1, 0.15) is 17.0 Å². The number of amides is 1.